The fourth-order valence-corrected chi connectivity index (χ4v) is 5.27. The molecule has 0 atom stereocenters. The third kappa shape index (κ3) is 3.83. The van der Waals surface area contributed by atoms with Crippen LogP contribution >= 0.6 is 0 Å². The normalized spacial score (nSPS) is 24.1. The molecule has 0 bridgehead atoms. The van der Waals surface area contributed by atoms with Crippen LogP contribution in [0.1, 0.15) is 49.9 Å². The lowest BCUT2D eigenvalue weighted by Crippen LogP contribution is -2.53. The first-order chi connectivity index (χ1) is 14.4. The highest BCUT2D eigenvalue weighted by Crippen LogP contribution is 2.38. The van der Waals surface area contributed by atoms with Crippen LogP contribution in [0.4, 0.5) is 0 Å². The van der Waals surface area contributed by atoms with Crippen LogP contribution in [-0.4, -0.2) is 75.4 Å². The monoisotopic (exact) mass is 396 g/mol. The molecule has 1 saturated carbocycles. The minimum absolute atomic E-state index is 0.119. The minimum atomic E-state index is -0.119. The summed E-state index contributed by atoms with van der Waals surface area (Å²) in [6, 6.07) is 11.3. The molecule has 2 aliphatic heterocycles. The number of ether oxygens (including phenoxy) is 1. The predicted molar refractivity (Wildman–Crippen MR) is 110 cm³/mol. The van der Waals surface area contributed by atoms with Crippen molar-refractivity contribution >= 4 is 0 Å². The van der Waals surface area contributed by atoms with Gasteiger partial charge in [-0.05, 0) is 54.6 Å². The van der Waals surface area contributed by atoms with Gasteiger partial charge in [0.2, 0.25) is 0 Å². The summed E-state index contributed by atoms with van der Waals surface area (Å²) >= 11 is 0. The molecule has 0 spiro atoms. The van der Waals surface area contributed by atoms with E-state index in [0.29, 0.717) is 6.54 Å². The van der Waals surface area contributed by atoms with Crippen molar-refractivity contribution in [3.8, 4) is 0 Å². The Kier molecular flexibility index (Phi) is 5.61. The molecular formula is C22H32N6O. The molecule has 7 nitrogen and oxygen atoms in total. The number of aromatic nitrogens is 4. The summed E-state index contributed by atoms with van der Waals surface area (Å²) in [7, 11) is 0. The molecular weight excluding hydrogens is 364 g/mol. The van der Waals surface area contributed by atoms with E-state index in [1.54, 1.807) is 0 Å². The lowest BCUT2D eigenvalue weighted by atomic mass is 9.86. The Labute approximate surface area is 173 Å². The maximum atomic E-state index is 5.77. The zero-order chi connectivity index (χ0) is 19.5. The molecule has 0 radical (unpaired) electrons. The second-order valence-electron chi connectivity index (χ2n) is 8.75. The summed E-state index contributed by atoms with van der Waals surface area (Å²) in [6.07, 6.45) is 7.32. The highest BCUT2D eigenvalue weighted by Gasteiger charge is 2.45. The molecule has 2 saturated heterocycles. The molecule has 3 fully saturated rings. The lowest BCUT2D eigenvalue weighted by Gasteiger charge is -2.45. The summed E-state index contributed by atoms with van der Waals surface area (Å²) in [5, 5.41) is 13.1. The van der Waals surface area contributed by atoms with Crippen LogP contribution < -0.4 is 0 Å². The van der Waals surface area contributed by atoms with Crippen LogP contribution in [0.5, 0.6) is 0 Å². The quantitative estimate of drug-likeness (QED) is 0.773. The Morgan fingerprint density at radius 2 is 1.79 bits per heavy atom. The van der Waals surface area contributed by atoms with E-state index in [1.165, 1.54) is 37.8 Å². The fourth-order valence-electron chi connectivity index (χ4n) is 5.27. The van der Waals surface area contributed by atoms with Gasteiger partial charge in [-0.2, -0.15) is 0 Å². The van der Waals surface area contributed by atoms with E-state index < -0.39 is 0 Å². The summed E-state index contributed by atoms with van der Waals surface area (Å²) in [5.74, 6) is 1.02. The van der Waals surface area contributed by atoms with E-state index in [0.717, 1.165) is 57.6 Å². The average Bonchev–Trinajstić information content (AvgIpc) is 3.05. The summed E-state index contributed by atoms with van der Waals surface area (Å²) in [6.45, 7) is 6.86. The van der Waals surface area contributed by atoms with Gasteiger partial charge in [0.05, 0.1) is 12.1 Å². The predicted octanol–water partition coefficient (Wildman–Crippen LogP) is 2.29. The SMILES string of the molecule is c1ccc(Cn2nnnc2C2(N3CCCN(C4CCC4)CC3)CCOCC2)cc1. The number of hydrogen-bond acceptors (Lipinski definition) is 6. The van der Waals surface area contributed by atoms with Gasteiger partial charge in [-0.25, -0.2) is 4.68 Å². The van der Waals surface area contributed by atoms with Gasteiger partial charge in [-0.1, -0.05) is 36.8 Å². The van der Waals surface area contributed by atoms with E-state index >= 15 is 0 Å². The maximum Gasteiger partial charge on any atom is 0.172 e. The standard InChI is InChI=1S/C22H32N6O/c1-2-6-19(7-3-1)18-28-21(23-24-25-28)22(10-16-29-17-11-22)27-13-5-12-26(14-15-27)20-8-4-9-20/h1-3,6-7,20H,4-5,8-18H2. The van der Waals surface area contributed by atoms with E-state index in [-0.39, 0.29) is 5.54 Å². The second kappa shape index (κ2) is 8.50. The molecule has 7 heteroatoms. The molecule has 3 heterocycles. The molecule has 1 aromatic heterocycles. The third-order valence-electron chi connectivity index (χ3n) is 7.17. The summed E-state index contributed by atoms with van der Waals surface area (Å²) in [4.78, 5) is 5.41. The van der Waals surface area contributed by atoms with Crippen molar-refractivity contribution < 1.29 is 4.74 Å². The molecule has 0 N–H and O–H groups in total. The molecule has 1 aromatic carbocycles. The van der Waals surface area contributed by atoms with Crippen LogP contribution in [-0.2, 0) is 16.8 Å². The van der Waals surface area contributed by atoms with Gasteiger partial charge in [0.15, 0.2) is 5.82 Å². The first kappa shape index (κ1) is 19.2. The smallest absolute Gasteiger partial charge is 0.172 e. The van der Waals surface area contributed by atoms with Gasteiger partial charge in [0, 0.05) is 38.9 Å². The van der Waals surface area contributed by atoms with E-state index in [1.807, 2.05) is 4.68 Å². The first-order valence-corrected chi connectivity index (χ1v) is 11.2. The highest BCUT2D eigenvalue weighted by atomic mass is 16.5. The Morgan fingerprint density at radius 1 is 0.966 bits per heavy atom. The molecule has 0 unspecified atom stereocenters. The molecule has 0 amide bonds. The van der Waals surface area contributed by atoms with E-state index in [9.17, 15) is 0 Å². The Balaban J connectivity index is 1.41. The van der Waals surface area contributed by atoms with Crippen LogP contribution in [0, 0.1) is 0 Å². The van der Waals surface area contributed by atoms with Crippen LogP contribution in [0.3, 0.4) is 0 Å². The molecule has 3 aliphatic rings. The van der Waals surface area contributed by atoms with Gasteiger partial charge in [-0.15, -0.1) is 5.10 Å². The van der Waals surface area contributed by atoms with Crippen molar-refractivity contribution in [3.63, 3.8) is 0 Å². The van der Waals surface area contributed by atoms with Crippen molar-refractivity contribution in [2.24, 2.45) is 0 Å². The molecule has 2 aromatic rings. The van der Waals surface area contributed by atoms with Gasteiger partial charge >= 0.3 is 0 Å². The number of benzene rings is 1. The number of hydrogen-bond donors (Lipinski definition) is 0. The lowest BCUT2D eigenvalue weighted by molar-refractivity contribution is -0.0387. The van der Waals surface area contributed by atoms with Gasteiger partial charge in [-0.3, -0.25) is 9.80 Å². The van der Waals surface area contributed by atoms with Crippen LogP contribution in [0.15, 0.2) is 30.3 Å². The largest absolute Gasteiger partial charge is 0.381 e. The summed E-state index contributed by atoms with van der Waals surface area (Å²) in [5.41, 5.74) is 1.11. The van der Waals surface area contributed by atoms with E-state index in [4.69, 9.17) is 4.74 Å². The van der Waals surface area contributed by atoms with Gasteiger partial charge in [0.25, 0.3) is 0 Å². The average molecular weight is 397 g/mol. The van der Waals surface area contributed by atoms with Gasteiger partial charge in [0.1, 0.15) is 0 Å². The van der Waals surface area contributed by atoms with Crippen molar-refractivity contribution in [1.29, 1.82) is 0 Å². The number of rotatable bonds is 5. The Morgan fingerprint density at radius 3 is 2.55 bits per heavy atom. The fraction of sp³-hybridized carbons (Fsp3) is 0.682. The van der Waals surface area contributed by atoms with Crippen LogP contribution in [0.25, 0.3) is 0 Å². The molecule has 1 aliphatic carbocycles. The number of tetrazole rings is 1. The molecule has 29 heavy (non-hydrogen) atoms. The first-order valence-electron chi connectivity index (χ1n) is 11.2. The second-order valence-corrected chi connectivity index (χ2v) is 8.75. The Hall–Kier alpha value is -1.83. The zero-order valence-electron chi connectivity index (χ0n) is 17.2. The number of nitrogens with zero attached hydrogens (tertiary/aromatic N) is 6. The Bertz CT molecular complexity index is 784. The molecule has 156 valence electrons. The minimum Gasteiger partial charge on any atom is -0.381 e. The summed E-state index contributed by atoms with van der Waals surface area (Å²) < 4.78 is 7.80. The molecule has 5 rings (SSSR count). The van der Waals surface area contributed by atoms with Crippen molar-refractivity contribution in [3.05, 3.63) is 41.7 Å². The van der Waals surface area contributed by atoms with Crippen LogP contribution in [0.2, 0.25) is 0 Å². The van der Waals surface area contributed by atoms with E-state index in [2.05, 4.69) is 55.7 Å². The maximum absolute atomic E-state index is 5.77. The highest BCUT2D eigenvalue weighted by molar-refractivity contribution is 5.16. The third-order valence-corrected chi connectivity index (χ3v) is 7.17. The van der Waals surface area contributed by atoms with Crippen molar-refractivity contribution in [1.82, 2.24) is 30.0 Å². The zero-order valence-corrected chi connectivity index (χ0v) is 17.2. The van der Waals surface area contributed by atoms with Crippen molar-refractivity contribution in [2.45, 2.75) is 56.7 Å². The van der Waals surface area contributed by atoms with Crippen molar-refractivity contribution in [2.75, 3.05) is 39.4 Å². The van der Waals surface area contributed by atoms with Gasteiger partial charge < -0.3 is 4.74 Å². The topological polar surface area (TPSA) is 59.3 Å².